The summed E-state index contributed by atoms with van der Waals surface area (Å²) in [6, 6.07) is 0.000513. The first-order chi connectivity index (χ1) is 9.95. The maximum atomic E-state index is 11.9. The van der Waals surface area contributed by atoms with Crippen LogP contribution in [0.15, 0.2) is 5.38 Å². The van der Waals surface area contributed by atoms with Crippen LogP contribution in [0.1, 0.15) is 48.6 Å². The fourth-order valence-corrected chi connectivity index (χ4v) is 3.45. The maximum absolute atomic E-state index is 11.9. The molecular weight excluding hydrogens is 290 g/mol. The Hall–Kier alpha value is -1.63. The number of nitrogens with zero attached hydrogens (tertiary/aromatic N) is 1. The number of hydrogen-bond acceptors (Lipinski definition) is 4. The number of carboxylic acids is 1. The lowest BCUT2D eigenvalue weighted by Gasteiger charge is -2.33. The molecule has 6 nitrogen and oxygen atoms in total. The van der Waals surface area contributed by atoms with Crippen molar-refractivity contribution in [3.05, 3.63) is 16.1 Å². The number of carbonyl (C=O) groups is 2. The van der Waals surface area contributed by atoms with E-state index in [1.165, 1.54) is 16.7 Å². The molecular formula is C14H21N3O3S. The average Bonchev–Trinajstić information content (AvgIpc) is 2.89. The molecule has 1 aliphatic rings. The van der Waals surface area contributed by atoms with Crippen LogP contribution in [0.25, 0.3) is 0 Å². The van der Waals surface area contributed by atoms with Gasteiger partial charge in [-0.1, -0.05) is 13.8 Å². The first kappa shape index (κ1) is 15.8. The van der Waals surface area contributed by atoms with E-state index in [1.54, 1.807) is 0 Å². The van der Waals surface area contributed by atoms with Crippen molar-refractivity contribution in [2.24, 2.45) is 11.8 Å². The van der Waals surface area contributed by atoms with E-state index in [1.807, 2.05) is 0 Å². The first-order valence-electron chi connectivity index (χ1n) is 7.17. The Kier molecular flexibility index (Phi) is 5.17. The minimum absolute atomic E-state index is 0.0205. The van der Waals surface area contributed by atoms with Crippen LogP contribution in [0.2, 0.25) is 0 Å². The second-order valence-electron chi connectivity index (χ2n) is 5.76. The van der Waals surface area contributed by atoms with Crippen LogP contribution in [-0.4, -0.2) is 28.1 Å². The average molecular weight is 311 g/mol. The van der Waals surface area contributed by atoms with E-state index < -0.39 is 5.97 Å². The van der Waals surface area contributed by atoms with Gasteiger partial charge in [-0.15, -0.1) is 11.3 Å². The molecule has 2 rings (SSSR count). The highest BCUT2D eigenvalue weighted by Crippen LogP contribution is 2.28. The van der Waals surface area contributed by atoms with E-state index in [0.29, 0.717) is 10.9 Å². The van der Waals surface area contributed by atoms with E-state index in [4.69, 9.17) is 5.11 Å². The zero-order chi connectivity index (χ0) is 15.4. The van der Waals surface area contributed by atoms with Gasteiger partial charge in [-0.2, -0.15) is 0 Å². The summed E-state index contributed by atoms with van der Waals surface area (Å²) in [7, 11) is 0. The molecule has 1 aromatic rings. The third-order valence-electron chi connectivity index (χ3n) is 3.92. The number of hydrogen-bond donors (Lipinski definition) is 3. The first-order valence-corrected chi connectivity index (χ1v) is 8.05. The summed E-state index contributed by atoms with van der Waals surface area (Å²) in [6.07, 6.45) is 3.29. The van der Waals surface area contributed by atoms with Crippen molar-refractivity contribution in [3.8, 4) is 0 Å². The largest absolute Gasteiger partial charge is 0.476 e. The summed E-state index contributed by atoms with van der Waals surface area (Å²) in [5.74, 6) is 0.163. The van der Waals surface area contributed by atoms with Crippen LogP contribution in [0.5, 0.6) is 0 Å². The fourth-order valence-electron chi connectivity index (χ4n) is 2.75. The van der Waals surface area contributed by atoms with E-state index >= 15 is 0 Å². The van der Waals surface area contributed by atoms with Crippen LogP contribution >= 0.6 is 11.3 Å². The molecule has 0 saturated heterocycles. The van der Waals surface area contributed by atoms with Crippen molar-refractivity contribution < 1.29 is 14.7 Å². The molecule has 0 aromatic carbocycles. The van der Waals surface area contributed by atoms with Crippen LogP contribution in [0.3, 0.4) is 0 Å². The van der Waals surface area contributed by atoms with Crippen LogP contribution < -0.4 is 10.6 Å². The smallest absolute Gasteiger partial charge is 0.355 e. The summed E-state index contributed by atoms with van der Waals surface area (Å²) in [5.41, 5.74) is 0.0205. The summed E-state index contributed by atoms with van der Waals surface area (Å²) in [5, 5.41) is 16.6. The zero-order valence-electron chi connectivity index (χ0n) is 12.3. The monoisotopic (exact) mass is 311 g/mol. The van der Waals surface area contributed by atoms with Crippen LogP contribution in [0, 0.1) is 11.8 Å². The number of carbonyl (C=O) groups excluding carboxylic acids is 1. The van der Waals surface area contributed by atoms with Gasteiger partial charge in [-0.05, 0) is 31.1 Å². The third-order valence-corrected chi connectivity index (χ3v) is 4.77. The van der Waals surface area contributed by atoms with Gasteiger partial charge in [0.1, 0.15) is 5.01 Å². The quantitative estimate of drug-likeness (QED) is 0.796. The van der Waals surface area contributed by atoms with Crippen LogP contribution in [-0.2, 0) is 6.54 Å². The standard InChI is InChI=1S/C14H21N3O3S/c1-8-3-4-10(9(2)5-8)17-14(20)15-6-12-16-11(7-21-12)13(18)19/h7-10H,3-6H2,1-2H3,(H,18,19)(H2,15,17,20). The highest BCUT2D eigenvalue weighted by molar-refractivity contribution is 7.09. The number of aromatic nitrogens is 1. The maximum Gasteiger partial charge on any atom is 0.355 e. The minimum Gasteiger partial charge on any atom is -0.476 e. The third kappa shape index (κ3) is 4.42. The predicted molar refractivity (Wildman–Crippen MR) is 80.4 cm³/mol. The molecule has 2 amide bonds. The van der Waals surface area contributed by atoms with Gasteiger partial charge in [0.2, 0.25) is 0 Å². The molecule has 0 bridgehead atoms. The Morgan fingerprint density at radius 2 is 2.19 bits per heavy atom. The molecule has 3 unspecified atom stereocenters. The lowest BCUT2D eigenvalue weighted by atomic mass is 9.80. The van der Waals surface area contributed by atoms with Gasteiger partial charge < -0.3 is 15.7 Å². The molecule has 3 atom stereocenters. The Morgan fingerprint density at radius 3 is 2.81 bits per heavy atom. The van der Waals surface area contributed by atoms with Crippen LogP contribution in [0.4, 0.5) is 4.79 Å². The highest BCUT2D eigenvalue weighted by Gasteiger charge is 2.26. The second-order valence-corrected chi connectivity index (χ2v) is 6.70. The molecule has 1 aliphatic carbocycles. The number of aromatic carboxylic acids is 1. The fraction of sp³-hybridized carbons (Fsp3) is 0.643. The van der Waals surface area contributed by atoms with Gasteiger partial charge in [0.05, 0.1) is 6.54 Å². The molecule has 3 N–H and O–H groups in total. The van der Waals surface area contributed by atoms with Crippen molar-refractivity contribution in [2.75, 3.05) is 0 Å². The second kappa shape index (κ2) is 6.89. The van der Waals surface area contributed by atoms with Gasteiger partial charge in [0.15, 0.2) is 5.69 Å². The predicted octanol–water partition coefficient (Wildman–Crippen LogP) is 2.47. The summed E-state index contributed by atoms with van der Waals surface area (Å²) >= 11 is 1.23. The summed E-state index contributed by atoms with van der Waals surface area (Å²) < 4.78 is 0. The van der Waals surface area contributed by atoms with Crippen molar-refractivity contribution in [1.29, 1.82) is 0 Å². The molecule has 1 aromatic heterocycles. The lowest BCUT2D eigenvalue weighted by molar-refractivity contribution is 0.0691. The molecule has 21 heavy (non-hydrogen) atoms. The molecule has 1 heterocycles. The number of amides is 2. The van der Waals surface area contributed by atoms with E-state index in [9.17, 15) is 9.59 Å². The molecule has 1 fully saturated rings. The van der Waals surface area contributed by atoms with Gasteiger partial charge >= 0.3 is 12.0 Å². The Labute approximate surface area is 128 Å². The van der Waals surface area contributed by atoms with Crippen molar-refractivity contribution in [3.63, 3.8) is 0 Å². The van der Waals surface area contributed by atoms with E-state index in [0.717, 1.165) is 25.2 Å². The van der Waals surface area contributed by atoms with Gasteiger partial charge in [-0.3, -0.25) is 0 Å². The van der Waals surface area contributed by atoms with Gasteiger partial charge in [0.25, 0.3) is 0 Å². The Balaban J connectivity index is 1.78. The SMILES string of the molecule is CC1CCC(NC(=O)NCc2nc(C(=O)O)cs2)C(C)C1. The summed E-state index contributed by atoms with van der Waals surface area (Å²) in [4.78, 5) is 26.5. The van der Waals surface area contributed by atoms with Crippen molar-refractivity contribution in [2.45, 2.75) is 45.7 Å². The normalized spacial score (nSPS) is 25.3. The number of rotatable bonds is 4. The zero-order valence-corrected chi connectivity index (χ0v) is 13.1. The minimum atomic E-state index is -1.05. The van der Waals surface area contributed by atoms with Crippen molar-refractivity contribution >= 4 is 23.3 Å². The number of carboxylic acid groups (broad SMARTS) is 1. The van der Waals surface area contributed by atoms with E-state index in [2.05, 4.69) is 29.5 Å². The Morgan fingerprint density at radius 1 is 1.43 bits per heavy atom. The van der Waals surface area contributed by atoms with Gasteiger partial charge in [-0.25, -0.2) is 14.6 Å². The molecule has 0 radical (unpaired) electrons. The number of urea groups is 1. The number of nitrogens with one attached hydrogen (secondary N) is 2. The Bertz CT molecular complexity index is 517. The molecule has 0 aliphatic heterocycles. The molecule has 0 spiro atoms. The van der Waals surface area contributed by atoms with Crippen molar-refractivity contribution in [1.82, 2.24) is 15.6 Å². The summed E-state index contributed by atoms with van der Waals surface area (Å²) in [6.45, 7) is 4.66. The molecule has 116 valence electrons. The van der Waals surface area contributed by atoms with E-state index in [-0.39, 0.29) is 24.3 Å². The topological polar surface area (TPSA) is 91.3 Å². The van der Waals surface area contributed by atoms with Gasteiger partial charge in [0, 0.05) is 11.4 Å². The molecule has 7 heteroatoms. The molecule has 1 saturated carbocycles. The highest BCUT2D eigenvalue weighted by atomic mass is 32.1. The number of thiazole rings is 1. The lowest BCUT2D eigenvalue weighted by Crippen LogP contribution is -2.46.